The molecular formula is C24H33FN6S. The molecule has 2 aromatic rings. The van der Waals surface area contributed by atoms with Crippen molar-refractivity contribution in [2.24, 2.45) is 11.8 Å². The van der Waals surface area contributed by atoms with Crippen molar-refractivity contribution < 1.29 is 4.39 Å². The minimum atomic E-state index is -0.244. The number of thiocarbonyl (C=S) groups is 1. The Kier molecular flexibility index (Phi) is 7.40. The molecule has 3 heterocycles. The van der Waals surface area contributed by atoms with Crippen molar-refractivity contribution in [1.82, 2.24) is 15.3 Å². The molecule has 2 N–H and O–H groups in total. The van der Waals surface area contributed by atoms with Crippen LogP contribution in [0.25, 0.3) is 0 Å². The van der Waals surface area contributed by atoms with Crippen LogP contribution < -0.4 is 20.4 Å². The van der Waals surface area contributed by atoms with Gasteiger partial charge in [-0.05, 0) is 67.4 Å². The third-order valence-electron chi connectivity index (χ3n) is 6.51. The van der Waals surface area contributed by atoms with Gasteiger partial charge >= 0.3 is 0 Å². The van der Waals surface area contributed by atoms with Gasteiger partial charge in [-0.2, -0.15) is 9.97 Å². The first-order valence-corrected chi connectivity index (χ1v) is 12.1. The molecule has 0 saturated carbocycles. The van der Waals surface area contributed by atoms with Gasteiger partial charge in [-0.25, -0.2) is 4.39 Å². The van der Waals surface area contributed by atoms with Crippen molar-refractivity contribution >= 4 is 34.9 Å². The second-order valence-corrected chi connectivity index (χ2v) is 9.59. The van der Waals surface area contributed by atoms with E-state index in [-0.39, 0.29) is 5.82 Å². The van der Waals surface area contributed by atoms with Crippen LogP contribution in [-0.2, 0) is 6.54 Å². The van der Waals surface area contributed by atoms with Gasteiger partial charge < -0.3 is 20.4 Å². The van der Waals surface area contributed by atoms with Crippen molar-refractivity contribution in [1.29, 1.82) is 0 Å². The van der Waals surface area contributed by atoms with E-state index in [4.69, 9.17) is 22.2 Å². The fourth-order valence-electron chi connectivity index (χ4n) is 4.21. The highest BCUT2D eigenvalue weighted by atomic mass is 32.1. The van der Waals surface area contributed by atoms with Crippen LogP contribution in [0.2, 0.25) is 0 Å². The molecule has 4 rings (SSSR count). The van der Waals surface area contributed by atoms with Crippen molar-refractivity contribution in [2.45, 2.75) is 46.1 Å². The summed E-state index contributed by atoms with van der Waals surface area (Å²) in [6.45, 7) is 9.20. The lowest BCUT2D eigenvalue weighted by molar-refractivity contribution is 0.433. The molecule has 0 aliphatic carbocycles. The molecule has 0 amide bonds. The molecule has 2 aliphatic heterocycles. The fraction of sp³-hybridized carbons (Fsp3) is 0.542. The summed E-state index contributed by atoms with van der Waals surface area (Å²) in [6.07, 6.45) is 4.73. The lowest BCUT2D eigenvalue weighted by atomic mass is 9.99. The van der Waals surface area contributed by atoms with Crippen molar-refractivity contribution in [3.8, 4) is 0 Å². The molecule has 0 bridgehead atoms. The van der Waals surface area contributed by atoms with E-state index in [0.717, 1.165) is 55.2 Å². The largest absolute Gasteiger partial charge is 0.358 e. The molecule has 0 spiro atoms. The quantitative estimate of drug-likeness (QED) is 0.639. The Morgan fingerprint density at radius 2 is 1.44 bits per heavy atom. The highest BCUT2D eigenvalue weighted by Crippen LogP contribution is 2.28. The van der Waals surface area contributed by atoms with Gasteiger partial charge in [0, 0.05) is 38.8 Å². The molecule has 1 aromatic carbocycles. The summed E-state index contributed by atoms with van der Waals surface area (Å²) in [6, 6.07) is 8.52. The number of nitrogens with zero attached hydrogens (tertiary/aromatic N) is 4. The number of halogens is 1. The predicted molar refractivity (Wildman–Crippen MR) is 133 cm³/mol. The number of hydrogen-bond acceptors (Lipinski definition) is 5. The van der Waals surface area contributed by atoms with Crippen molar-refractivity contribution in [2.75, 3.05) is 41.3 Å². The van der Waals surface area contributed by atoms with E-state index in [1.807, 2.05) is 0 Å². The summed E-state index contributed by atoms with van der Waals surface area (Å²) in [5.74, 6) is 3.72. The minimum Gasteiger partial charge on any atom is -0.358 e. The number of anilines is 3. The molecule has 172 valence electrons. The number of nitrogens with one attached hydrogen (secondary N) is 2. The second kappa shape index (κ2) is 10.4. The highest BCUT2D eigenvalue weighted by molar-refractivity contribution is 7.80. The summed E-state index contributed by atoms with van der Waals surface area (Å²) in [5, 5.41) is 6.79. The molecular weight excluding hydrogens is 423 g/mol. The predicted octanol–water partition coefficient (Wildman–Crippen LogP) is 4.57. The first kappa shape index (κ1) is 22.7. The summed E-state index contributed by atoms with van der Waals surface area (Å²) in [4.78, 5) is 14.3. The Morgan fingerprint density at radius 3 is 1.94 bits per heavy atom. The fourth-order valence-corrected chi connectivity index (χ4v) is 4.37. The van der Waals surface area contributed by atoms with Crippen LogP contribution in [0.5, 0.6) is 0 Å². The molecule has 2 fully saturated rings. The summed E-state index contributed by atoms with van der Waals surface area (Å²) < 4.78 is 13.1. The topological polar surface area (TPSA) is 56.3 Å². The average Bonchev–Trinajstić information content (AvgIpc) is 2.79. The molecule has 2 saturated heterocycles. The van der Waals surface area contributed by atoms with Crippen molar-refractivity contribution in [3.05, 3.63) is 41.7 Å². The van der Waals surface area contributed by atoms with Gasteiger partial charge in [0.1, 0.15) is 17.5 Å². The first-order chi connectivity index (χ1) is 15.5. The summed E-state index contributed by atoms with van der Waals surface area (Å²) >= 11 is 5.49. The molecule has 6 nitrogen and oxygen atoms in total. The number of rotatable bonds is 5. The van der Waals surface area contributed by atoms with Crippen LogP contribution in [0, 0.1) is 17.7 Å². The maximum absolute atomic E-state index is 13.1. The van der Waals surface area contributed by atoms with E-state index in [1.54, 1.807) is 12.1 Å². The monoisotopic (exact) mass is 456 g/mol. The molecule has 0 radical (unpaired) electrons. The van der Waals surface area contributed by atoms with Crippen LogP contribution in [0.15, 0.2) is 30.3 Å². The van der Waals surface area contributed by atoms with Gasteiger partial charge in [0.15, 0.2) is 5.11 Å². The van der Waals surface area contributed by atoms with Gasteiger partial charge in [-0.15, -0.1) is 0 Å². The molecule has 1 aromatic heterocycles. The van der Waals surface area contributed by atoms with Gasteiger partial charge in [0.25, 0.3) is 0 Å². The zero-order valence-corrected chi connectivity index (χ0v) is 19.8. The van der Waals surface area contributed by atoms with Crippen LogP contribution in [0.4, 0.5) is 22.0 Å². The van der Waals surface area contributed by atoms with Crippen LogP contribution in [0.3, 0.4) is 0 Å². The standard InChI is InChI=1S/C24H33FN6S/c1-17-7-11-30(12-8-17)21-15-22(31-13-9-18(2)10-14-31)28-23(27-21)29-24(32)26-16-19-3-5-20(25)6-4-19/h3-6,15,17-18H,7-14,16H2,1-2H3,(H2,26,27,28,29,32). The number of benzene rings is 1. The molecule has 2 aliphatic rings. The van der Waals surface area contributed by atoms with Crippen LogP contribution in [0.1, 0.15) is 45.1 Å². The zero-order chi connectivity index (χ0) is 22.5. The Balaban J connectivity index is 1.47. The first-order valence-electron chi connectivity index (χ1n) is 11.6. The number of hydrogen-bond donors (Lipinski definition) is 2. The van der Waals surface area contributed by atoms with E-state index >= 15 is 0 Å². The van der Waals surface area contributed by atoms with Gasteiger partial charge in [-0.3, -0.25) is 0 Å². The van der Waals surface area contributed by atoms with Crippen molar-refractivity contribution in [3.63, 3.8) is 0 Å². The van der Waals surface area contributed by atoms with Crippen LogP contribution in [-0.4, -0.2) is 41.3 Å². The zero-order valence-electron chi connectivity index (χ0n) is 19.0. The molecule has 0 unspecified atom stereocenters. The van der Waals surface area contributed by atoms with E-state index in [9.17, 15) is 4.39 Å². The summed E-state index contributed by atoms with van der Waals surface area (Å²) in [7, 11) is 0. The smallest absolute Gasteiger partial charge is 0.232 e. The molecule has 8 heteroatoms. The average molecular weight is 457 g/mol. The van der Waals surface area contributed by atoms with E-state index < -0.39 is 0 Å². The third-order valence-corrected chi connectivity index (χ3v) is 6.75. The minimum absolute atomic E-state index is 0.244. The Labute approximate surface area is 195 Å². The van der Waals surface area contributed by atoms with Crippen LogP contribution >= 0.6 is 12.2 Å². The maximum Gasteiger partial charge on any atom is 0.232 e. The van der Waals surface area contributed by atoms with E-state index in [2.05, 4.69) is 40.3 Å². The second-order valence-electron chi connectivity index (χ2n) is 9.18. The third kappa shape index (κ3) is 6.06. The molecule has 0 atom stereocenters. The van der Waals surface area contributed by atoms with Gasteiger partial charge in [-0.1, -0.05) is 26.0 Å². The summed E-state index contributed by atoms with van der Waals surface area (Å²) in [5.41, 5.74) is 0.954. The normalized spacial score (nSPS) is 18.0. The SMILES string of the molecule is CC1CCN(c2cc(N3CCC(C)CC3)nc(NC(=S)NCc3ccc(F)cc3)n2)CC1. The Bertz CT molecular complexity index is 865. The van der Waals surface area contributed by atoms with Gasteiger partial charge in [0.2, 0.25) is 5.95 Å². The number of aromatic nitrogens is 2. The Hall–Kier alpha value is -2.48. The van der Waals surface area contributed by atoms with E-state index in [0.29, 0.717) is 17.6 Å². The van der Waals surface area contributed by atoms with Gasteiger partial charge in [0.05, 0.1) is 0 Å². The molecule has 32 heavy (non-hydrogen) atoms. The Morgan fingerprint density at radius 1 is 0.938 bits per heavy atom. The number of piperidine rings is 2. The van der Waals surface area contributed by atoms with E-state index in [1.165, 1.54) is 37.8 Å². The maximum atomic E-state index is 13.1. The lowest BCUT2D eigenvalue weighted by Crippen LogP contribution is -2.36. The highest BCUT2D eigenvalue weighted by Gasteiger charge is 2.22. The lowest BCUT2D eigenvalue weighted by Gasteiger charge is -2.34.